The molecule has 1 atom stereocenters. The molecule has 2 aromatic carbocycles. The molecule has 0 spiro atoms. The number of benzene rings is 2. The Kier molecular flexibility index (Phi) is 6.38. The second-order valence-corrected chi connectivity index (χ2v) is 6.25. The van der Waals surface area contributed by atoms with E-state index in [0.717, 1.165) is 11.1 Å². The van der Waals surface area contributed by atoms with Gasteiger partial charge >= 0.3 is 0 Å². The van der Waals surface area contributed by atoms with Crippen LogP contribution in [0.15, 0.2) is 48.5 Å². The first-order chi connectivity index (χ1) is 11.5. The van der Waals surface area contributed by atoms with E-state index in [9.17, 15) is 9.90 Å². The number of hydrogen-bond donors (Lipinski definition) is 2. The molecule has 1 amide bonds. The van der Waals surface area contributed by atoms with Gasteiger partial charge in [0.2, 0.25) is 0 Å². The minimum absolute atomic E-state index is 0.0670. The monoisotopic (exact) mass is 327 g/mol. The molecule has 0 aliphatic carbocycles. The Morgan fingerprint density at radius 2 is 1.79 bits per heavy atom. The van der Waals surface area contributed by atoms with Gasteiger partial charge in [0.1, 0.15) is 5.75 Å². The highest BCUT2D eigenvalue weighted by molar-refractivity contribution is 5.77. The fourth-order valence-electron chi connectivity index (χ4n) is 2.34. The van der Waals surface area contributed by atoms with Crippen LogP contribution in [0.5, 0.6) is 5.75 Å². The summed E-state index contributed by atoms with van der Waals surface area (Å²) < 4.78 is 5.44. The fraction of sp³-hybridized carbons (Fsp3) is 0.350. The van der Waals surface area contributed by atoms with Gasteiger partial charge in [-0.15, -0.1) is 0 Å². The molecular formula is C20H25NO3. The topological polar surface area (TPSA) is 58.6 Å². The maximum atomic E-state index is 11.8. The molecule has 0 fully saturated rings. The van der Waals surface area contributed by atoms with Crippen molar-refractivity contribution in [3.8, 4) is 5.75 Å². The summed E-state index contributed by atoms with van der Waals surface area (Å²) in [6, 6.07) is 15.3. The predicted octanol–water partition coefficient (Wildman–Crippen LogP) is 3.35. The van der Waals surface area contributed by atoms with Gasteiger partial charge in [0.05, 0.1) is 6.10 Å². The van der Waals surface area contributed by atoms with E-state index in [0.29, 0.717) is 11.7 Å². The third-order valence-electron chi connectivity index (χ3n) is 3.84. The molecule has 24 heavy (non-hydrogen) atoms. The van der Waals surface area contributed by atoms with Crippen molar-refractivity contribution < 1.29 is 14.6 Å². The molecule has 0 heterocycles. The van der Waals surface area contributed by atoms with E-state index in [1.165, 1.54) is 5.56 Å². The highest BCUT2D eigenvalue weighted by Crippen LogP contribution is 2.18. The van der Waals surface area contributed by atoms with Crippen LogP contribution in [0.25, 0.3) is 0 Å². The van der Waals surface area contributed by atoms with E-state index in [2.05, 4.69) is 19.2 Å². The van der Waals surface area contributed by atoms with E-state index in [1.54, 1.807) is 0 Å². The number of aliphatic hydroxyl groups is 1. The lowest BCUT2D eigenvalue weighted by Crippen LogP contribution is -2.32. The summed E-state index contributed by atoms with van der Waals surface area (Å²) in [6.07, 6.45) is -0.728. The lowest BCUT2D eigenvalue weighted by atomic mass is 10.00. The quantitative estimate of drug-likeness (QED) is 0.820. The number of carbonyl (C=O) groups excluding carboxylic acids is 1. The van der Waals surface area contributed by atoms with Crippen molar-refractivity contribution in [1.29, 1.82) is 0 Å². The molecule has 2 N–H and O–H groups in total. The summed E-state index contributed by atoms with van der Waals surface area (Å²) >= 11 is 0. The van der Waals surface area contributed by atoms with Crippen LogP contribution in [0.3, 0.4) is 0 Å². The number of hydrogen-bond acceptors (Lipinski definition) is 3. The number of aryl methyl sites for hydroxylation is 1. The van der Waals surface area contributed by atoms with E-state index >= 15 is 0 Å². The third kappa shape index (κ3) is 5.39. The SMILES string of the molecule is Cc1cccc(OCC(=O)NCC(O)c2ccc(C(C)C)cc2)c1. The maximum Gasteiger partial charge on any atom is 0.258 e. The molecule has 0 aliphatic rings. The van der Waals surface area contributed by atoms with E-state index in [4.69, 9.17) is 4.74 Å². The van der Waals surface area contributed by atoms with Gasteiger partial charge in [0, 0.05) is 6.54 Å². The molecule has 0 bridgehead atoms. The average Bonchev–Trinajstić information content (AvgIpc) is 2.58. The van der Waals surface area contributed by atoms with Crippen LogP contribution in [-0.4, -0.2) is 24.2 Å². The van der Waals surface area contributed by atoms with E-state index in [-0.39, 0.29) is 19.1 Å². The molecular weight excluding hydrogens is 302 g/mol. The smallest absolute Gasteiger partial charge is 0.258 e. The Balaban J connectivity index is 1.78. The lowest BCUT2D eigenvalue weighted by molar-refractivity contribution is -0.123. The first-order valence-corrected chi connectivity index (χ1v) is 8.20. The highest BCUT2D eigenvalue weighted by atomic mass is 16.5. The number of rotatable bonds is 7. The molecule has 0 aliphatic heterocycles. The maximum absolute atomic E-state index is 11.8. The van der Waals surface area contributed by atoms with Crippen LogP contribution < -0.4 is 10.1 Å². The molecule has 2 rings (SSSR count). The highest BCUT2D eigenvalue weighted by Gasteiger charge is 2.10. The number of amides is 1. The van der Waals surface area contributed by atoms with Gasteiger partial charge in [0.15, 0.2) is 6.61 Å². The Hall–Kier alpha value is -2.33. The summed E-state index contributed by atoms with van der Waals surface area (Å²) in [5.74, 6) is 0.860. The minimum Gasteiger partial charge on any atom is -0.484 e. The Morgan fingerprint density at radius 1 is 1.12 bits per heavy atom. The van der Waals surface area contributed by atoms with Crippen molar-refractivity contribution in [3.05, 3.63) is 65.2 Å². The molecule has 4 heteroatoms. The second kappa shape index (κ2) is 8.50. The summed E-state index contributed by atoms with van der Waals surface area (Å²) in [6.45, 7) is 6.31. The molecule has 0 saturated carbocycles. The van der Waals surface area contributed by atoms with Crippen molar-refractivity contribution in [2.24, 2.45) is 0 Å². The summed E-state index contributed by atoms with van der Waals surface area (Å²) in [7, 11) is 0. The molecule has 0 aromatic heterocycles. The number of carbonyl (C=O) groups is 1. The van der Waals surface area contributed by atoms with Gasteiger partial charge < -0.3 is 15.2 Å². The van der Waals surface area contributed by atoms with Gasteiger partial charge in [-0.25, -0.2) is 0 Å². The summed E-state index contributed by atoms with van der Waals surface area (Å²) in [5.41, 5.74) is 3.09. The molecule has 0 saturated heterocycles. The first kappa shape index (κ1) is 18.0. The van der Waals surface area contributed by atoms with Crippen LogP contribution in [0.1, 0.15) is 42.6 Å². The van der Waals surface area contributed by atoms with Crippen LogP contribution in [0.2, 0.25) is 0 Å². The minimum atomic E-state index is -0.728. The normalized spacial score (nSPS) is 12.0. The van der Waals surface area contributed by atoms with Crippen molar-refractivity contribution in [2.75, 3.05) is 13.2 Å². The standard InChI is InChI=1S/C20H25NO3/c1-14(2)16-7-9-17(10-8-16)19(22)12-21-20(23)13-24-18-6-4-5-15(3)11-18/h4-11,14,19,22H,12-13H2,1-3H3,(H,21,23). The number of ether oxygens (including phenoxy) is 1. The van der Waals surface area contributed by atoms with Gasteiger partial charge in [-0.05, 0) is 41.7 Å². The van der Waals surface area contributed by atoms with E-state index < -0.39 is 6.10 Å². The average molecular weight is 327 g/mol. The van der Waals surface area contributed by atoms with Gasteiger partial charge in [-0.1, -0.05) is 50.2 Å². The van der Waals surface area contributed by atoms with Crippen molar-refractivity contribution >= 4 is 5.91 Å². The Morgan fingerprint density at radius 3 is 2.42 bits per heavy atom. The van der Waals surface area contributed by atoms with Crippen LogP contribution >= 0.6 is 0 Å². The molecule has 4 nitrogen and oxygen atoms in total. The van der Waals surface area contributed by atoms with Crippen LogP contribution in [0, 0.1) is 6.92 Å². The zero-order chi connectivity index (χ0) is 17.5. The zero-order valence-corrected chi connectivity index (χ0v) is 14.5. The van der Waals surface area contributed by atoms with Crippen molar-refractivity contribution in [3.63, 3.8) is 0 Å². The zero-order valence-electron chi connectivity index (χ0n) is 14.5. The Bertz CT molecular complexity index is 665. The van der Waals surface area contributed by atoms with E-state index in [1.807, 2.05) is 55.5 Å². The molecule has 2 aromatic rings. The Labute approximate surface area is 143 Å². The second-order valence-electron chi connectivity index (χ2n) is 6.25. The van der Waals surface area contributed by atoms with Crippen LogP contribution in [0.4, 0.5) is 0 Å². The third-order valence-corrected chi connectivity index (χ3v) is 3.84. The van der Waals surface area contributed by atoms with Crippen molar-refractivity contribution in [1.82, 2.24) is 5.32 Å². The van der Waals surface area contributed by atoms with Gasteiger partial charge in [-0.2, -0.15) is 0 Å². The molecule has 0 radical (unpaired) electrons. The number of aliphatic hydroxyl groups excluding tert-OH is 1. The van der Waals surface area contributed by atoms with Gasteiger partial charge in [-0.3, -0.25) is 4.79 Å². The first-order valence-electron chi connectivity index (χ1n) is 8.20. The summed E-state index contributed by atoms with van der Waals surface area (Å²) in [4.78, 5) is 11.8. The fourth-order valence-corrected chi connectivity index (χ4v) is 2.34. The predicted molar refractivity (Wildman–Crippen MR) is 95.2 cm³/mol. The largest absolute Gasteiger partial charge is 0.484 e. The molecule has 128 valence electrons. The van der Waals surface area contributed by atoms with Gasteiger partial charge in [0.25, 0.3) is 5.91 Å². The van der Waals surface area contributed by atoms with Crippen molar-refractivity contribution in [2.45, 2.75) is 32.8 Å². The lowest BCUT2D eigenvalue weighted by Gasteiger charge is -2.14. The number of nitrogens with one attached hydrogen (secondary N) is 1. The molecule has 1 unspecified atom stereocenters. The summed E-state index contributed by atoms with van der Waals surface area (Å²) in [5, 5.41) is 12.9. The van der Waals surface area contributed by atoms with Crippen LogP contribution in [-0.2, 0) is 4.79 Å².